The molecule has 0 N–H and O–H groups in total. The van der Waals surface area contributed by atoms with Crippen LogP contribution in [0.3, 0.4) is 0 Å². The van der Waals surface area contributed by atoms with Gasteiger partial charge in [0, 0.05) is 11.6 Å². The number of hydrogen-bond acceptors (Lipinski definition) is 1. The molecule has 0 atom stereocenters. The van der Waals surface area contributed by atoms with Crippen molar-refractivity contribution in [1.29, 1.82) is 0 Å². The molecule has 154 valence electrons. The first-order valence-electron chi connectivity index (χ1n) is 11.7. The van der Waals surface area contributed by atoms with Gasteiger partial charge in [-0.05, 0) is 63.2 Å². The summed E-state index contributed by atoms with van der Waals surface area (Å²) in [7, 11) is 0. The Morgan fingerprint density at radius 3 is 1.73 bits per heavy atom. The molecule has 0 amide bonds. The van der Waals surface area contributed by atoms with Crippen LogP contribution in [0.25, 0.3) is 0 Å². The lowest BCUT2D eigenvalue weighted by Crippen LogP contribution is -2.46. The van der Waals surface area contributed by atoms with Crippen molar-refractivity contribution in [1.82, 2.24) is 0 Å². The molecule has 0 saturated heterocycles. The summed E-state index contributed by atoms with van der Waals surface area (Å²) in [6, 6.07) is 45.0. The Balaban J connectivity index is 1.61. The first-order chi connectivity index (χ1) is 16.4. The van der Waals surface area contributed by atoms with E-state index in [1.807, 2.05) is 0 Å². The summed E-state index contributed by atoms with van der Waals surface area (Å²) < 4.78 is 0. The first-order valence-corrected chi connectivity index (χ1v) is 11.7. The highest BCUT2D eigenvalue weighted by molar-refractivity contribution is 5.93. The van der Waals surface area contributed by atoms with E-state index < -0.39 is 0 Å². The topological polar surface area (TPSA) is 3.24 Å². The summed E-state index contributed by atoms with van der Waals surface area (Å²) in [5.41, 5.74) is 13.5. The fourth-order valence-corrected chi connectivity index (χ4v) is 6.89. The lowest BCUT2D eigenvalue weighted by Gasteiger charge is -2.55. The van der Waals surface area contributed by atoms with E-state index in [1.165, 1.54) is 56.0 Å². The van der Waals surface area contributed by atoms with Crippen molar-refractivity contribution in [2.45, 2.75) is 11.3 Å². The van der Waals surface area contributed by atoms with Gasteiger partial charge in [0.15, 0.2) is 0 Å². The van der Waals surface area contributed by atoms with Crippen LogP contribution in [-0.2, 0) is 5.41 Å². The van der Waals surface area contributed by atoms with Gasteiger partial charge in [-0.25, -0.2) is 0 Å². The maximum Gasteiger partial charge on any atom is 0.0751 e. The van der Waals surface area contributed by atoms with Crippen molar-refractivity contribution in [2.24, 2.45) is 0 Å². The van der Waals surface area contributed by atoms with E-state index in [9.17, 15) is 0 Å². The Morgan fingerprint density at radius 1 is 0.455 bits per heavy atom. The molecule has 2 bridgehead atoms. The minimum atomic E-state index is -0.296. The maximum absolute atomic E-state index is 2.46. The molecule has 5 aromatic rings. The monoisotopic (exact) mass is 419 g/mol. The fourth-order valence-electron chi connectivity index (χ4n) is 6.89. The number of rotatable bonds is 1. The van der Waals surface area contributed by atoms with Crippen LogP contribution in [0.4, 0.5) is 17.1 Å². The second-order valence-corrected chi connectivity index (χ2v) is 9.29. The van der Waals surface area contributed by atoms with Crippen LogP contribution < -0.4 is 4.90 Å². The highest BCUT2D eigenvalue weighted by atomic mass is 15.2. The molecular formula is C32H21N. The highest BCUT2D eigenvalue weighted by Gasteiger charge is 2.56. The minimum Gasteiger partial charge on any atom is -0.310 e. The number of fused-ring (bicyclic) bond motifs is 1. The highest BCUT2D eigenvalue weighted by Crippen LogP contribution is 2.67. The van der Waals surface area contributed by atoms with Gasteiger partial charge >= 0.3 is 0 Å². The summed E-state index contributed by atoms with van der Waals surface area (Å²) in [5.74, 6) is 0.275. The second kappa shape index (κ2) is 6.02. The van der Waals surface area contributed by atoms with Crippen LogP contribution in [-0.4, -0.2) is 0 Å². The van der Waals surface area contributed by atoms with Crippen molar-refractivity contribution in [3.8, 4) is 0 Å². The van der Waals surface area contributed by atoms with Gasteiger partial charge in [-0.3, -0.25) is 0 Å². The standard InChI is InChI=1S/C32H21N/c1-2-11-21(12-3-1)33-28-19-9-8-18-27(28)32-25-16-6-4-13-22(25)30(23-14-5-7-17-26(23)32)24-15-10-20-29(33)31(24)32/h1-20,30H. The Labute approximate surface area is 193 Å². The third-order valence-electron chi connectivity index (χ3n) is 7.92. The maximum atomic E-state index is 2.46. The second-order valence-electron chi connectivity index (χ2n) is 9.29. The molecule has 0 aromatic heterocycles. The summed E-state index contributed by atoms with van der Waals surface area (Å²) in [6.07, 6.45) is 0. The molecule has 1 heterocycles. The molecule has 0 fully saturated rings. The molecule has 1 aliphatic heterocycles. The smallest absolute Gasteiger partial charge is 0.0751 e. The number of anilines is 3. The number of benzene rings is 5. The van der Waals surface area contributed by atoms with Gasteiger partial charge in [0.2, 0.25) is 0 Å². The van der Waals surface area contributed by atoms with E-state index in [1.54, 1.807) is 0 Å². The summed E-state index contributed by atoms with van der Waals surface area (Å²) >= 11 is 0. The van der Waals surface area contributed by atoms with Crippen molar-refractivity contribution in [2.75, 3.05) is 4.90 Å². The Hall–Kier alpha value is -4.10. The molecular weight excluding hydrogens is 398 g/mol. The summed E-state index contributed by atoms with van der Waals surface area (Å²) in [6.45, 7) is 0. The Bertz CT molecular complexity index is 1530. The van der Waals surface area contributed by atoms with Crippen molar-refractivity contribution in [3.63, 3.8) is 0 Å². The molecule has 1 spiro atoms. The fraction of sp³-hybridized carbons (Fsp3) is 0.0625. The third-order valence-corrected chi connectivity index (χ3v) is 7.92. The van der Waals surface area contributed by atoms with E-state index in [4.69, 9.17) is 0 Å². The largest absolute Gasteiger partial charge is 0.310 e. The zero-order valence-electron chi connectivity index (χ0n) is 18.1. The SMILES string of the molecule is c1ccc(N2c3ccccc3C34c5ccccc5C(c5ccccc53)c3cccc2c34)cc1. The first kappa shape index (κ1) is 17.5. The normalized spacial score (nSPS) is 20.5. The Kier molecular flexibility index (Phi) is 3.19. The zero-order chi connectivity index (χ0) is 21.6. The van der Waals surface area contributed by atoms with Gasteiger partial charge in [0.1, 0.15) is 0 Å². The van der Waals surface area contributed by atoms with E-state index in [2.05, 4.69) is 126 Å². The average molecular weight is 420 g/mol. The van der Waals surface area contributed by atoms with Gasteiger partial charge < -0.3 is 4.90 Å². The van der Waals surface area contributed by atoms with E-state index >= 15 is 0 Å². The van der Waals surface area contributed by atoms with Gasteiger partial charge in [-0.15, -0.1) is 0 Å². The summed E-state index contributed by atoms with van der Waals surface area (Å²) in [4.78, 5) is 2.46. The predicted octanol–water partition coefficient (Wildman–Crippen LogP) is 7.66. The van der Waals surface area contributed by atoms with Crippen LogP contribution in [0.1, 0.15) is 44.9 Å². The number of hydrogen-bond donors (Lipinski definition) is 0. The minimum absolute atomic E-state index is 0.275. The van der Waals surface area contributed by atoms with Crippen LogP contribution in [0.2, 0.25) is 0 Å². The van der Waals surface area contributed by atoms with Gasteiger partial charge in [-0.2, -0.15) is 0 Å². The molecule has 5 aromatic carbocycles. The molecule has 0 saturated carbocycles. The van der Waals surface area contributed by atoms with Crippen molar-refractivity contribution in [3.05, 3.63) is 160 Å². The quantitative estimate of drug-likeness (QED) is 0.264. The van der Waals surface area contributed by atoms with E-state index in [-0.39, 0.29) is 11.3 Å². The molecule has 4 aliphatic rings. The molecule has 0 unspecified atom stereocenters. The molecule has 0 radical (unpaired) electrons. The van der Waals surface area contributed by atoms with Crippen molar-refractivity contribution >= 4 is 17.1 Å². The summed E-state index contributed by atoms with van der Waals surface area (Å²) in [5, 5.41) is 0. The van der Waals surface area contributed by atoms with Gasteiger partial charge in [-0.1, -0.05) is 97.1 Å². The average Bonchev–Trinajstić information content (AvgIpc) is 2.90. The van der Waals surface area contributed by atoms with E-state index in [0.717, 1.165) is 0 Å². The number of nitrogens with zero attached hydrogens (tertiary/aromatic N) is 1. The van der Waals surface area contributed by atoms with Crippen LogP contribution in [0, 0.1) is 0 Å². The van der Waals surface area contributed by atoms with Gasteiger partial charge in [0.05, 0.1) is 16.8 Å². The molecule has 9 rings (SSSR count). The zero-order valence-corrected chi connectivity index (χ0v) is 18.1. The number of para-hydroxylation sites is 2. The van der Waals surface area contributed by atoms with Gasteiger partial charge in [0.25, 0.3) is 0 Å². The van der Waals surface area contributed by atoms with E-state index in [0.29, 0.717) is 0 Å². The van der Waals surface area contributed by atoms with Crippen molar-refractivity contribution < 1.29 is 0 Å². The van der Waals surface area contributed by atoms with Crippen LogP contribution in [0.5, 0.6) is 0 Å². The molecule has 1 heteroatoms. The molecule has 1 nitrogen and oxygen atoms in total. The lowest BCUT2D eigenvalue weighted by atomic mass is 9.49. The molecule has 3 aliphatic carbocycles. The van der Waals surface area contributed by atoms with Crippen LogP contribution in [0.15, 0.2) is 121 Å². The third kappa shape index (κ3) is 1.91. The van der Waals surface area contributed by atoms with Crippen LogP contribution >= 0.6 is 0 Å². The lowest BCUT2D eigenvalue weighted by molar-refractivity contribution is 0.622. The Morgan fingerprint density at radius 2 is 1.00 bits per heavy atom. The molecule has 33 heavy (non-hydrogen) atoms. The predicted molar refractivity (Wildman–Crippen MR) is 134 cm³/mol.